The number of imidazole rings is 1. The van der Waals surface area contributed by atoms with E-state index in [0.29, 0.717) is 13.0 Å². The summed E-state index contributed by atoms with van der Waals surface area (Å²) in [5, 5.41) is 3.05. The lowest BCUT2D eigenvalue weighted by atomic mass is 10.1. The average Bonchev–Trinajstić information content (AvgIpc) is 3.24. The molecule has 116 valence electrons. The summed E-state index contributed by atoms with van der Waals surface area (Å²) in [6.45, 7) is 1.52. The molecule has 0 radical (unpaired) electrons. The fourth-order valence-corrected chi connectivity index (χ4v) is 2.99. The quantitative estimate of drug-likeness (QED) is 0.918. The molecule has 1 aliphatic heterocycles. The van der Waals surface area contributed by atoms with E-state index >= 15 is 0 Å². The molecular weight excluding hydrogens is 278 g/mol. The maximum Gasteiger partial charge on any atom is 0.224 e. The van der Waals surface area contributed by atoms with E-state index in [1.807, 2.05) is 34.8 Å². The van der Waals surface area contributed by atoms with E-state index in [4.69, 9.17) is 0 Å². The van der Waals surface area contributed by atoms with Gasteiger partial charge in [0.1, 0.15) is 5.82 Å². The van der Waals surface area contributed by atoms with E-state index in [-0.39, 0.29) is 11.9 Å². The van der Waals surface area contributed by atoms with Gasteiger partial charge in [-0.1, -0.05) is 0 Å². The topological polar surface area (TPSA) is 63.1 Å². The number of hydrogen-bond donors (Lipinski definition) is 1. The molecule has 0 aliphatic carbocycles. The Morgan fingerprint density at radius 2 is 2.36 bits per heavy atom. The second-order valence-corrected chi connectivity index (χ2v) is 5.52. The van der Waals surface area contributed by atoms with Crippen LogP contribution in [0.1, 0.15) is 30.9 Å². The third-order valence-corrected chi connectivity index (χ3v) is 4.14. The van der Waals surface area contributed by atoms with Crippen LogP contribution in [0.3, 0.4) is 0 Å². The molecule has 1 atom stereocenters. The molecule has 6 nitrogen and oxygen atoms in total. The number of hydrogen-bond acceptors (Lipinski definition) is 4. The van der Waals surface area contributed by atoms with Crippen LogP contribution in [0, 0.1) is 0 Å². The van der Waals surface area contributed by atoms with Crippen molar-refractivity contribution >= 4 is 11.7 Å². The number of aromatic nitrogens is 3. The highest BCUT2D eigenvalue weighted by Crippen LogP contribution is 2.33. The second-order valence-electron chi connectivity index (χ2n) is 5.52. The van der Waals surface area contributed by atoms with Crippen LogP contribution in [0.25, 0.3) is 0 Å². The number of likely N-dealkylation sites (tertiary alicyclic amines) is 1. The fourth-order valence-electron chi connectivity index (χ4n) is 2.99. The summed E-state index contributed by atoms with van der Waals surface area (Å²) in [4.78, 5) is 22.8. The average molecular weight is 299 g/mol. The van der Waals surface area contributed by atoms with Crippen LogP contribution in [0.2, 0.25) is 0 Å². The molecular formula is C16H21N5O. The number of anilines is 1. The summed E-state index contributed by atoms with van der Waals surface area (Å²) in [5.74, 6) is 1.05. The van der Waals surface area contributed by atoms with Gasteiger partial charge in [-0.3, -0.25) is 4.79 Å². The number of nitrogens with one attached hydrogen (secondary N) is 1. The Bertz CT molecular complexity index is 625. The van der Waals surface area contributed by atoms with Crippen molar-refractivity contribution in [2.24, 2.45) is 0 Å². The minimum Gasteiger partial charge on any atom is -0.373 e. The van der Waals surface area contributed by atoms with Gasteiger partial charge in [0.25, 0.3) is 0 Å². The Labute approximate surface area is 130 Å². The Balaban J connectivity index is 1.68. The van der Waals surface area contributed by atoms with Gasteiger partial charge in [0.15, 0.2) is 0 Å². The summed E-state index contributed by atoms with van der Waals surface area (Å²) in [6, 6.07) is 4.21. The molecule has 1 amide bonds. The maximum atomic E-state index is 12.5. The lowest BCUT2D eigenvalue weighted by Crippen LogP contribution is -2.31. The number of pyridine rings is 1. The SMILES string of the molecule is CNc1cc([C@@H]2CCCN2C(=O)CCn2ccnc2)ccn1. The van der Waals surface area contributed by atoms with E-state index in [2.05, 4.69) is 15.3 Å². The van der Waals surface area contributed by atoms with Gasteiger partial charge in [-0.15, -0.1) is 0 Å². The van der Waals surface area contributed by atoms with Crippen molar-refractivity contribution in [3.63, 3.8) is 0 Å². The first kappa shape index (κ1) is 14.6. The van der Waals surface area contributed by atoms with E-state index in [9.17, 15) is 4.79 Å². The minimum absolute atomic E-state index is 0.172. The number of rotatable bonds is 5. The van der Waals surface area contributed by atoms with Crippen molar-refractivity contribution < 1.29 is 4.79 Å². The lowest BCUT2D eigenvalue weighted by Gasteiger charge is -2.25. The first-order valence-electron chi connectivity index (χ1n) is 7.67. The number of carbonyl (C=O) groups is 1. The Morgan fingerprint density at radius 1 is 1.45 bits per heavy atom. The normalized spacial score (nSPS) is 17.7. The Kier molecular flexibility index (Phi) is 4.37. The van der Waals surface area contributed by atoms with Gasteiger partial charge in [-0.25, -0.2) is 9.97 Å². The molecule has 3 heterocycles. The molecule has 3 rings (SSSR count). The fraction of sp³-hybridized carbons (Fsp3) is 0.438. The van der Waals surface area contributed by atoms with Gasteiger partial charge in [-0.2, -0.15) is 0 Å². The molecule has 0 aromatic carbocycles. The summed E-state index contributed by atoms with van der Waals surface area (Å²) >= 11 is 0. The molecule has 1 aliphatic rings. The van der Waals surface area contributed by atoms with Crippen LogP contribution in [0.5, 0.6) is 0 Å². The van der Waals surface area contributed by atoms with Gasteiger partial charge in [0.2, 0.25) is 5.91 Å². The van der Waals surface area contributed by atoms with E-state index in [1.165, 1.54) is 0 Å². The molecule has 6 heteroatoms. The highest BCUT2D eigenvalue weighted by atomic mass is 16.2. The van der Waals surface area contributed by atoms with E-state index in [1.54, 1.807) is 18.7 Å². The highest BCUT2D eigenvalue weighted by molar-refractivity contribution is 5.77. The predicted octanol–water partition coefficient (Wildman–Crippen LogP) is 2.07. The van der Waals surface area contributed by atoms with Gasteiger partial charge < -0.3 is 14.8 Å². The van der Waals surface area contributed by atoms with Crippen LogP contribution >= 0.6 is 0 Å². The summed E-state index contributed by atoms with van der Waals surface area (Å²) in [6.07, 6.45) is 9.75. The largest absolute Gasteiger partial charge is 0.373 e. The highest BCUT2D eigenvalue weighted by Gasteiger charge is 2.29. The van der Waals surface area contributed by atoms with E-state index in [0.717, 1.165) is 30.8 Å². The van der Waals surface area contributed by atoms with E-state index < -0.39 is 0 Å². The third-order valence-electron chi connectivity index (χ3n) is 4.14. The zero-order valence-corrected chi connectivity index (χ0v) is 12.8. The van der Waals surface area contributed by atoms with Crippen molar-refractivity contribution in [2.45, 2.75) is 31.8 Å². The van der Waals surface area contributed by atoms with Crippen LogP contribution in [0.15, 0.2) is 37.1 Å². The summed E-state index contributed by atoms with van der Waals surface area (Å²) in [5.41, 5.74) is 1.16. The standard InChI is InChI=1S/C16H21N5O/c1-17-15-11-13(4-6-19-15)14-3-2-8-21(14)16(22)5-9-20-10-7-18-12-20/h4,6-7,10-12,14H,2-3,5,8-9H2,1H3,(H,17,19)/t14-/m0/s1. The molecule has 22 heavy (non-hydrogen) atoms. The molecule has 0 saturated carbocycles. The molecule has 1 N–H and O–H groups in total. The van der Waals surface area contributed by atoms with Crippen molar-refractivity contribution in [1.29, 1.82) is 0 Å². The lowest BCUT2D eigenvalue weighted by molar-refractivity contribution is -0.132. The zero-order chi connectivity index (χ0) is 15.4. The number of amides is 1. The van der Waals surface area contributed by atoms with Gasteiger partial charge in [-0.05, 0) is 30.5 Å². The van der Waals surface area contributed by atoms with Crippen LogP contribution < -0.4 is 5.32 Å². The molecule has 2 aromatic rings. The van der Waals surface area contributed by atoms with Crippen molar-refractivity contribution in [2.75, 3.05) is 18.9 Å². The zero-order valence-electron chi connectivity index (χ0n) is 12.8. The third kappa shape index (κ3) is 3.10. The molecule has 1 saturated heterocycles. The van der Waals surface area contributed by atoms with Gasteiger partial charge in [0, 0.05) is 45.1 Å². The minimum atomic E-state index is 0.172. The smallest absolute Gasteiger partial charge is 0.224 e. The van der Waals surface area contributed by atoms with Crippen molar-refractivity contribution in [3.05, 3.63) is 42.6 Å². The first-order chi connectivity index (χ1) is 10.8. The summed E-state index contributed by atoms with van der Waals surface area (Å²) in [7, 11) is 1.86. The maximum absolute atomic E-state index is 12.5. The van der Waals surface area contributed by atoms with Crippen LogP contribution in [0.4, 0.5) is 5.82 Å². The van der Waals surface area contributed by atoms with Gasteiger partial charge in [0.05, 0.1) is 12.4 Å². The molecule has 0 spiro atoms. The number of nitrogens with zero attached hydrogens (tertiary/aromatic N) is 4. The predicted molar refractivity (Wildman–Crippen MR) is 84.3 cm³/mol. The Hall–Kier alpha value is -2.37. The molecule has 0 bridgehead atoms. The van der Waals surface area contributed by atoms with Crippen LogP contribution in [-0.2, 0) is 11.3 Å². The summed E-state index contributed by atoms with van der Waals surface area (Å²) < 4.78 is 1.94. The molecule has 1 fully saturated rings. The number of carbonyl (C=O) groups excluding carboxylic acids is 1. The van der Waals surface area contributed by atoms with Crippen molar-refractivity contribution in [1.82, 2.24) is 19.4 Å². The number of aryl methyl sites for hydroxylation is 1. The van der Waals surface area contributed by atoms with Crippen molar-refractivity contribution in [3.8, 4) is 0 Å². The molecule has 0 unspecified atom stereocenters. The second kappa shape index (κ2) is 6.60. The van der Waals surface area contributed by atoms with Gasteiger partial charge >= 0.3 is 0 Å². The molecule has 2 aromatic heterocycles. The first-order valence-corrected chi connectivity index (χ1v) is 7.67. The van der Waals surface area contributed by atoms with Crippen LogP contribution in [-0.4, -0.2) is 38.9 Å². The Morgan fingerprint density at radius 3 is 3.14 bits per heavy atom. The monoisotopic (exact) mass is 299 g/mol.